The zero-order valence-corrected chi connectivity index (χ0v) is 13.6. The summed E-state index contributed by atoms with van der Waals surface area (Å²) in [6, 6.07) is 8.00. The summed E-state index contributed by atoms with van der Waals surface area (Å²) in [5.74, 6) is 1.12. The zero-order valence-electron chi connectivity index (χ0n) is 12.8. The Morgan fingerprint density at radius 1 is 1.33 bits per heavy atom. The molecule has 1 heterocycles. The average Bonchev–Trinajstić information content (AvgIpc) is 2.82. The Hall–Kier alpha value is -1.52. The zero-order chi connectivity index (χ0) is 14.5. The second-order valence-corrected chi connectivity index (χ2v) is 4.96. The molecule has 4 nitrogen and oxygen atoms in total. The Kier molecular flexibility index (Phi) is 6.72. The number of furan rings is 1. The predicted octanol–water partition coefficient (Wildman–Crippen LogP) is 2.98. The van der Waals surface area contributed by atoms with Crippen LogP contribution in [0.2, 0.25) is 0 Å². The van der Waals surface area contributed by atoms with Gasteiger partial charge in [0.2, 0.25) is 5.91 Å². The third-order valence-corrected chi connectivity index (χ3v) is 3.51. The van der Waals surface area contributed by atoms with Crippen molar-refractivity contribution in [3.8, 4) is 0 Å². The van der Waals surface area contributed by atoms with E-state index in [0.717, 1.165) is 28.7 Å². The van der Waals surface area contributed by atoms with Gasteiger partial charge < -0.3 is 14.6 Å². The van der Waals surface area contributed by atoms with E-state index in [2.05, 4.69) is 18.3 Å². The monoisotopic (exact) mass is 310 g/mol. The van der Waals surface area contributed by atoms with Crippen molar-refractivity contribution < 1.29 is 9.21 Å². The molecular weight excluding hydrogens is 288 g/mol. The SMILES string of the molecule is CCc1oc2ccccc2c1CN(C)C(=O)CCNC.Cl. The summed E-state index contributed by atoms with van der Waals surface area (Å²) < 4.78 is 5.86. The highest BCUT2D eigenvalue weighted by molar-refractivity contribution is 5.85. The van der Waals surface area contributed by atoms with Gasteiger partial charge in [0.1, 0.15) is 11.3 Å². The van der Waals surface area contributed by atoms with Gasteiger partial charge in [0, 0.05) is 43.9 Å². The maximum absolute atomic E-state index is 12.0. The van der Waals surface area contributed by atoms with Gasteiger partial charge in [-0.3, -0.25) is 4.79 Å². The third kappa shape index (κ3) is 3.99. The molecule has 5 heteroatoms. The second kappa shape index (κ2) is 8.05. The Balaban J connectivity index is 0.00000220. The predicted molar refractivity (Wildman–Crippen MR) is 87.9 cm³/mol. The number of nitrogens with zero attached hydrogens (tertiary/aromatic N) is 1. The molecule has 0 unspecified atom stereocenters. The topological polar surface area (TPSA) is 45.5 Å². The molecule has 0 fully saturated rings. The molecule has 0 aliphatic carbocycles. The lowest BCUT2D eigenvalue weighted by Crippen LogP contribution is -2.28. The first-order chi connectivity index (χ1) is 9.67. The number of hydrogen-bond acceptors (Lipinski definition) is 3. The molecule has 1 aromatic heterocycles. The normalized spacial score (nSPS) is 10.4. The summed E-state index contributed by atoms with van der Waals surface area (Å²) in [5.41, 5.74) is 2.03. The van der Waals surface area contributed by atoms with Gasteiger partial charge >= 0.3 is 0 Å². The lowest BCUT2D eigenvalue weighted by Gasteiger charge is -2.17. The number of nitrogens with one attached hydrogen (secondary N) is 1. The third-order valence-electron chi connectivity index (χ3n) is 3.51. The minimum absolute atomic E-state index is 0. The van der Waals surface area contributed by atoms with E-state index >= 15 is 0 Å². The quantitative estimate of drug-likeness (QED) is 0.892. The Morgan fingerprint density at radius 2 is 2.05 bits per heavy atom. The summed E-state index contributed by atoms with van der Waals surface area (Å²) in [7, 11) is 3.70. The molecule has 0 aliphatic rings. The molecule has 1 N–H and O–H groups in total. The van der Waals surface area contributed by atoms with Gasteiger partial charge in [0.25, 0.3) is 0 Å². The number of rotatable bonds is 6. The molecule has 2 aromatic rings. The van der Waals surface area contributed by atoms with Gasteiger partial charge in [0.15, 0.2) is 0 Å². The second-order valence-electron chi connectivity index (χ2n) is 4.96. The summed E-state index contributed by atoms with van der Waals surface area (Å²) in [6.07, 6.45) is 1.35. The van der Waals surface area contributed by atoms with Crippen LogP contribution in [-0.2, 0) is 17.8 Å². The number of aryl methyl sites for hydroxylation is 1. The van der Waals surface area contributed by atoms with Crippen molar-refractivity contribution in [1.82, 2.24) is 10.2 Å². The van der Waals surface area contributed by atoms with Crippen molar-refractivity contribution in [3.63, 3.8) is 0 Å². The van der Waals surface area contributed by atoms with Crippen LogP contribution in [0.1, 0.15) is 24.7 Å². The first kappa shape index (κ1) is 17.5. The van der Waals surface area contributed by atoms with Crippen molar-refractivity contribution in [2.75, 3.05) is 20.6 Å². The van der Waals surface area contributed by atoms with Crippen molar-refractivity contribution in [1.29, 1.82) is 0 Å². The lowest BCUT2D eigenvalue weighted by atomic mass is 10.1. The standard InChI is InChI=1S/C16H22N2O2.ClH/c1-4-14-13(11-18(3)16(19)9-10-17-2)12-7-5-6-8-15(12)20-14;/h5-8,17H,4,9-11H2,1-3H3;1H. The molecule has 116 valence electrons. The molecule has 0 saturated carbocycles. The van der Waals surface area contributed by atoms with Crippen molar-refractivity contribution in [2.45, 2.75) is 26.3 Å². The fourth-order valence-electron chi connectivity index (χ4n) is 2.36. The van der Waals surface area contributed by atoms with E-state index in [1.807, 2.05) is 32.3 Å². The number of benzene rings is 1. The van der Waals surface area contributed by atoms with E-state index in [0.29, 0.717) is 19.5 Å². The van der Waals surface area contributed by atoms with Crippen LogP contribution in [0.4, 0.5) is 0 Å². The fraction of sp³-hybridized carbons (Fsp3) is 0.438. The maximum atomic E-state index is 12.0. The number of hydrogen-bond donors (Lipinski definition) is 1. The number of halogens is 1. The van der Waals surface area contributed by atoms with Crippen molar-refractivity contribution in [2.24, 2.45) is 0 Å². The number of carbonyl (C=O) groups is 1. The Labute approximate surface area is 131 Å². The van der Waals surface area contributed by atoms with Gasteiger partial charge in [-0.2, -0.15) is 0 Å². The largest absolute Gasteiger partial charge is 0.461 e. The fourth-order valence-corrected chi connectivity index (χ4v) is 2.36. The van der Waals surface area contributed by atoms with E-state index in [4.69, 9.17) is 4.42 Å². The van der Waals surface area contributed by atoms with Crippen LogP contribution < -0.4 is 5.32 Å². The molecule has 21 heavy (non-hydrogen) atoms. The van der Waals surface area contributed by atoms with E-state index < -0.39 is 0 Å². The smallest absolute Gasteiger partial charge is 0.223 e. The highest BCUT2D eigenvalue weighted by atomic mass is 35.5. The van der Waals surface area contributed by atoms with Crippen molar-refractivity contribution in [3.05, 3.63) is 35.6 Å². The minimum atomic E-state index is 0. The molecule has 2 rings (SSSR count). The summed E-state index contributed by atoms with van der Waals surface area (Å²) in [4.78, 5) is 13.8. The van der Waals surface area contributed by atoms with Crippen LogP contribution in [0.5, 0.6) is 0 Å². The van der Waals surface area contributed by atoms with E-state index in [9.17, 15) is 4.79 Å². The number of fused-ring (bicyclic) bond motifs is 1. The lowest BCUT2D eigenvalue weighted by molar-refractivity contribution is -0.130. The van der Waals surface area contributed by atoms with Crippen LogP contribution in [0.3, 0.4) is 0 Å². The molecule has 0 radical (unpaired) electrons. The minimum Gasteiger partial charge on any atom is -0.461 e. The Bertz CT molecular complexity index is 595. The number of para-hydroxylation sites is 1. The summed E-state index contributed by atoms with van der Waals surface area (Å²) >= 11 is 0. The van der Waals surface area contributed by atoms with Crippen LogP contribution in [0, 0.1) is 0 Å². The van der Waals surface area contributed by atoms with E-state index in [-0.39, 0.29) is 18.3 Å². The first-order valence-electron chi connectivity index (χ1n) is 7.05. The molecule has 0 saturated heterocycles. The summed E-state index contributed by atoms with van der Waals surface area (Å²) in [5, 5.41) is 4.11. The van der Waals surface area contributed by atoms with Gasteiger partial charge in [-0.1, -0.05) is 25.1 Å². The molecule has 1 aromatic carbocycles. The molecule has 1 amide bonds. The molecule has 0 atom stereocenters. The number of carbonyl (C=O) groups excluding carboxylic acids is 1. The number of amides is 1. The molecular formula is C16H23ClN2O2. The van der Waals surface area contributed by atoms with Crippen LogP contribution >= 0.6 is 12.4 Å². The first-order valence-corrected chi connectivity index (χ1v) is 7.05. The Morgan fingerprint density at radius 3 is 2.71 bits per heavy atom. The van der Waals surface area contributed by atoms with E-state index in [1.54, 1.807) is 4.90 Å². The van der Waals surface area contributed by atoms with E-state index in [1.165, 1.54) is 0 Å². The molecule has 0 aliphatic heterocycles. The van der Waals surface area contributed by atoms with Gasteiger partial charge in [0.05, 0.1) is 0 Å². The average molecular weight is 311 g/mol. The molecule has 0 spiro atoms. The van der Waals surface area contributed by atoms with Crippen LogP contribution in [0.15, 0.2) is 28.7 Å². The highest BCUT2D eigenvalue weighted by Gasteiger charge is 2.16. The van der Waals surface area contributed by atoms with Gasteiger partial charge in [-0.15, -0.1) is 12.4 Å². The van der Waals surface area contributed by atoms with Gasteiger partial charge in [-0.25, -0.2) is 0 Å². The molecule has 0 bridgehead atoms. The highest BCUT2D eigenvalue weighted by Crippen LogP contribution is 2.27. The summed E-state index contributed by atoms with van der Waals surface area (Å²) in [6.45, 7) is 3.38. The van der Waals surface area contributed by atoms with Crippen LogP contribution in [0.25, 0.3) is 11.0 Å². The van der Waals surface area contributed by atoms with Crippen LogP contribution in [-0.4, -0.2) is 31.4 Å². The van der Waals surface area contributed by atoms with Gasteiger partial charge in [-0.05, 0) is 13.1 Å². The maximum Gasteiger partial charge on any atom is 0.223 e. The van der Waals surface area contributed by atoms with Crippen molar-refractivity contribution >= 4 is 29.3 Å².